The van der Waals surface area contributed by atoms with Gasteiger partial charge in [-0.15, -0.1) is 0 Å². The molecule has 2 heteroatoms. The van der Waals surface area contributed by atoms with Crippen molar-refractivity contribution in [2.75, 3.05) is 0 Å². The fourth-order valence-corrected chi connectivity index (χ4v) is 1.92. The molecule has 0 amide bonds. The number of ether oxygens (including phenoxy) is 1. The Kier molecular flexibility index (Phi) is 5.03. The van der Waals surface area contributed by atoms with E-state index >= 15 is 0 Å². The molecule has 0 spiro atoms. The lowest BCUT2D eigenvalue weighted by molar-refractivity contribution is -0.148. The summed E-state index contributed by atoms with van der Waals surface area (Å²) in [7, 11) is 0. The van der Waals surface area contributed by atoms with Crippen molar-refractivity contribution < 1.29 is 9.53 Å². The van der Waals surface area contributed by atoms with Crippen molar-refractivity contribution in [3.63, 3.8) is 0 Å². The Morgan fingerprint density at radius 2 is 1.94 bits per heavy atom. The van der Waals surface area contributed by atoms with E-state index in [2.05, 4.69) is 19.1 Å². The predicted molar refractivity (Wildman–Crippen MR) is 65.2 cm³/mol. The summed E-state index contributed by atoms with van der Waals surface area (Å²) >= 11 is 0. The van der Waals surface area contributed by atoms with E-state index in [0.717, 1.165) is 12.8 Å². The maximum atomic E-state index is 10.9. The number of benzene rings is 1. The molecule has 0 bridgehead atoms. The van der Waals surface area contributed by atoms with Gasteiger partial charge in [0.25, 0.3) is 0 Å². The summed E-state index contributed by atoms with van der Waals surface area (Å²) in [4.78, 5) is 10.9. The van der Waals surface area contributed by atoms with E-state index in [0.29, 0.717) is 5.92 Å². The summed E-state index contributed by atoms with van der Waals surface area (Å²) in [5, 5.41) is 0. The van der Waals surface area contributed by atoms with E-state index < -0.39 is 0 Å². The lowest BCUT2D eigenvalue weighted by atomic mass is 9.92. The Morgan fingerprint density at radius 1 is 1.31 bits per heavy atom. The maximum Gasteiger partial charge on any atom is 0.302 e. The number of carbonyl (C=O) groups is 1. The van der Waals surface area contributed by atoms with Crippen LogP contribution in [0.2, 0.25) is 0 Å². The number of carbonyl (C=O) groups excluding carboxylic acids is 1. The van der Waals surface area contributed by atoms with E-state index in [1.54, 1.807) is 0 Å². The Morgan fingerprint density at radius 3 is 2.44 bits per heavy atom. The van der Waals surface area contributed by atoms with Gasteiger partial charge in [0.05, 0.1) is 0 Å². The highest BCUT2D eigenvalue weighted by molar-refractivity contribution is 5.66. The molecular weight excluding hydrogens is 200 g/mol. The average Bonchev–Trinajstić information content (AvgIpc) is 2.26. The fourth-order valence-electron chi connectivity index (χ4n) is 1.92. The molecule has 0 heterocycles. The van der Waals surface area contributed by atoms with Crippen LogP contribution in [0.3, 0.4) is 0 Å². The van der Waals surface area contributed by atoms with Crippen LogP contribution in [0.25, 0.3) is 0 Å². The maximum absolute atomic E-state index is 10.9. The van der Waals surface area contributed by atoms with Gasteiger partial charge in [0.2, 0.25) is 0 Å². The predicted octanol–water partition coefficient (Wildman–Crippen LogP) is 3.21. The summed E-state index contributed by atoms with van der Waals surface area (Å²) in [6.45, 7) is 5.57. The smallest absolute Gasteiger partial charge is 0.302 e. The molecule has 0 saturated heterocycles. The second-order valence-corrected chi connectivity index (χ2v) is 4.17. The third-order valence-electron chi connectivity index (χ3n) is 2.88. The van der Waals surface area contributed by atoms with Crippen molar-refractivity contribution >= 4 is 5.97 Å². The van der Waals surface area contributed by atoms with Crippen LogP contribution in [-0.4, -0.2) is 12.1 Å². The fraction of sp³-hybridized carbons (Fsp3) is 0.500. The first kappa shape index (κ1) is 12.8. The van der Waals surface area contributed by atoms with Crippen LogP contribution in [0.5, 0.6) is 0 Å². The first-order valence-electron chi connectivity index (χ1n) is 5.84. The molecular formula is C14H20O2. The van der Waals surface area contributed by atoms with E-state index in [1.807, 2.05) is 25.1 Å². The summed E-state index contributed by atoms with van der Waals surface area (Å²) in [5.74, 6) is 0.199. The van der Waals surface area contributed by atoms with Gasteiger partial charge < -0.3 is 4.74 Å². The van der Waals surface area contributed by atoms with E-state index in [4.69, 9.17) is 4.74 Å². The van der Waals surface area contributed by atoms with E-state index in [9.17, 15) is 4.79 Å². The molecule has 0 aromatic heterocycles. The minimum absolute atomic E-state index is 0.0114. The first-order chi connectivity index (χ1) is 7.63. The van der Waals surface area contributed by atoms with Crippen LogP contribution in [0.4, 0.5) is 0 Å². The number of rotatable bonds is 5. The molecule has 0 aliphatic heterocycles. The molecule has 1 rings (SSSR count). The monoisotopic (exact) mass is 220 g/mol. The second kappa shape index (κ2) is 6.31. The molecule has 2 nitrogen and oxygen atoms in total. The minimum Gasteiger partial charge on any atom is -0.463 e. The molecule has 0 saturated carbocycles. The van der Waals surface area contributed by atoms with Crippen LogP contribution in [0.15, 0.2) is 30.3 Å². The van der Waals surface area contributed by atoms with Gasteiger partial charge >= 0.3 is 5.97 Å². The zero-order valence-electron chi connectivity index (χ0n) is 10.3. The van der Waals surface area contributed by atoms with Crippen molar-refractivity contribution in [1.29, 1.82) is 0 Å². The van der Waals surface area contributed by atoms with Crippen LogP contribution in [-0.2, 0) is 16.0 Å². The third kappa shape index (κ3) is 4.05. The molecule has 0 N–H and O–H groups in total. The molecule has 0 aliphatic carbocycles. The average molecular weight is 220 g/mol. The zero-order valence-corrected chi connectivity index (χ0v) is 10.3. The third-order valence-corrected chi connectivity index (χ3v) is 2.88. The van der Waals surface area contributed by atoms with Gasteiger partial charge in [-0.25, -0.2) is 0 Å². The van der Waals surface area contributed by atoms with Crippen LogP contribution in [0.1, 0.15) is 32.8 Å². The van der Waals surface area contributed by atoms with Gasteiger partial charge in [-0.3, -0.25) is 4.79 Å². The molecule has 1 aromatic rings. The SMILES string of the molecule is CCC(Cc1ccccc1)C(C)OC(C)=O. The van der Waals surface area contributed by atoms with E-state index in [-0.39, 0.29) is 12.1 Å². The number of esters is 1. The number of hydrogen-bond donors (Lipinski definition) is 0. The van der Waals surface area contributed by atoms with Gasteiger partial charge in [0.15, 0.2) is 0 Å². The molecule has 1 aromatic carbocycles. The van der Waals surface area contributed by atoms with Crippen molar-refractivity contribution in [3.8, 4) is 0 Å². The van der Waals surface area contributed by atoms with Gasteiger partial charge in [-0.2, -0.15) is 0 Å². The standard InChI is InChI=1S/C14H20O2/c1-4-14(11(2)16-12(3)15)10-13-8-6-5-7-9-13/h5-9,11,14H,4,10H2,1-3H3. The normalized spacial score (nSPS) is 14.2. The highest BCUT2D eigenvalue weighted by Gasteiger charge is 2.18. The molecule has 2 unspecified atom stereocenters. The molecule has 0 radical (unpaired) electrons. The van der Waals surface area contributed by atoms with Crippen LogP contribution in [0, 0.1) is 5.92 Å². The van der Waals surface area contributed by atoms with Gasteiger partial charge in [0, 0.05) is 6.92 Å². The van der Waals surface area contributed by atoms with E-state index in [1.165, 1.54) is 12.5 Å². The summed E-state index contributed by atoms with van der Waals surface area (Å²) in [6, 6.07) is 10.3. The highest BCUT2D eigenvalue weighted by atomic mass is 16.5. The summed E-state index contributed by atoms with van der Waals surface area (Å²) in [5.41, 5.74) is 1.30. The zero-order chi connectivity index (χ0) is 12.0. The van der Waals surface area contributed by atoms with Crippen molar-refractivity contribution in [2.45, 2.75) is 39.7 Å². The Bertz CT molecular complexity index is 319. The molecule has 0 fully saturated rings. The van der Waals surface area contributed by atoms with Crippen molar-refractivity contribution in [1.82, 2.24) is 0 Å². The Labute approximate surface area is 97.6 Å². The van der Waals surface area contributed by atoms with Gasteiger partial charge in [0.1, 0.15) is 6.10 Å². The quantitative estimate of drug-likeness (QED) is 0.712. The van der Waals surface area contributed by atoms with Crippen molar-refractivity contribution in [2.24, 2.45) is 5.92 Å². The molecule has 88 valence electrons. The van der Waals surface area contributed by atoms with Gasteiger partial charge in [-0.1, -0.05) is 37.3 Å². The molecule has 16 heavy (non-hydrogen) atoms. The lowest BCUT2D eigenvalue weighted by Crippen LogP contribution is -2.24. The Hall–Kier alpha value is -1.31. The Balaban J connectivity index is 2.58. The molecule has 2 atom stereocenters. The topological polar surface area (TPSA) is 26.3 Å². The summed E-state index contributed by atoms with van der Waals surface area (Å²) in [6.07, 6.45) is 1.97. The first-order valence-corrected chi connectivity index (χ1v) is 5.84. The highest BCUT2D eigenvalue weighted by Crippen LogP contribution is 2.18. The largest absolute Gasteiger partial charge is 0.463 e. The summed E-state index contributed by atoms with van der Waals surface area (Å²) < 4.78 is 5.24. The minimum atomic E-state index is -0.195. The molecule has 0 aliphatic rings. The van der Waals surface area contributed by atoms with Crippen LogP contribution >= 0.6 is 0 Å². The lowest BCUT2D eigenvalue weighted by Gasteiger charge is -2.22. The van der Waals surface area contributed by atoms with Gasteiger partial charge in [-0.05, 0) is 31.2 Å². The van der Waals surface area contributed by atoms with Crippen LogP contribution < -0.4 is 0 Å². The second-order valence-electron chi connectivity index (χ2n) is 4.17. The van der Waals surface area contributed by atoms with Crippen molar-refractivity contribution in [3.05, 3.63) is 35.9 Å². The number of hydrogen-bond acceptors (Lipinski definition) is 2.